The number of benzene rings is 1. The molecule has 0 spiro atoms. The second-order valence-corrected chi connectivity index (χ2v) is 7.68. The van der Waals surface area contributed by atoms with Gasteiger partial charge in [0.05, 0.1) is 16.6 Å². The predicted octanol–water partition coefficient (Wildman–Crippen LogP) is 3.91. The van der Waals surface area contributed by atoms with E-state index in [1.165, 1.54) is 0 Å². The van der Waals surface area contributed by atoms with Gasteiger partial charge < -0.3 is 14.7 Å². The molecule has 6 nitrogen and oxygen atoms in total. The normalized spacial score (nSPS) is 19.9. The van der Waals surface area contributed by atoms with Crippen molar-refractivity contribution < 1.29 is 4.79 Å². The van der Waals surface area contributed by atoms with E-state index in [-0.39, 0.29) is 5.91 Å². The van der Waals surface area contributed by atoms with Gasteiger partial charge in [0, 0.05) is 31.1 Å². The number of hydrogen-bond acceptors (Lipinski definition) is 3. The average molecular weight is 373 g/mol. The van der Waals surface area contributed by atoms with Crippen LogP contribution in [0.3, 0.4) is 0 Å². The molecule has 0 bridgehead atoms. The van der Waals surface area contributed by atoms with Gasteiger partial charge in [0.25, 0.3) is 5.91 Å². The number of carbonyl (C=O) groups excluding carboxylic acids is 1. The molecule has 1 amide bonds. The first kappa shape index (κ1) is 17.0. The van der Waals surface area contributed by atoms with Crippen molar-refractivity contribution in [2.75, 3.05) is 6.54 Å². The summed E-state index contributed by atoms with van der Waals surface area (Å²) in [5, 5.41) is 3.11. The summed E-state index contributed by atoms with van der Waals surface area (Å²) in [6, 6.07) is 11.9. The molecule has 1 saturated carbocycles. The number of pyridine rings is 1. The summed E-state index contributed by atoms with van der Waals surface area (Å²) in [5.41, 5.74) is 3.67. The summed E-state index contributed by atoms with van der Waals surface area (Å²) in [5.74, 6) is 2.11. The zero-order chi connectivity index (χ0) is 18.9. The lowest BCUT2D eigenvalue weighted by Crippen LogP contribution is -2.31. The third-order valence-electron chi connectivity index (χ3n) is 5.84. The van der Waals surface area contributed by atoms with Gasteiger partial charge >= 0.3 is 0 Å². The quantitative estimate of drug-likeness (QED) is 0.569. The smallest absolute Gasteiger partial charge is 0.252 e. The van der Waals surface area contributed by atoms with Crippen LogP contribution in [-0.4, -0.2) is 31.8 Å². The number of rotatable bonds is 4. The fourth-order valence-corrected chi connectivity index (χ4v) is 4.20. The number of fused-ring (bicyclic) bond motifs is 2. The van der Waals surface area contributed by atoms with Crippen molar-refractivity contribution in [3.8, 4) is 0 Å². The molecule has 5 rings (SSSR count). The number of para-hydroxylation sites is 2. The minimum Gasteiger partial charge on any atom is -0.352 e. The lowest BCUT2D eigenvalue weighted by atomic mass is 9.81. The van der Waals surface area contributed by atoms with Gasteiger partial charge in [-0.25, -0.2) is 9.97 Å². The van der Waals surface area contributed by atoms with Crippen LogP contribution in [0.25, 0.3) is 16.7 Å². The minimum absolute atomic E-state index is 0.0185. The van der Waals surface area contributed by atoms with Crippen molar-refractivity contribution in [3.63, 3.8) is 0 Å². The van der Waals surface area contributed by atoms with E-state index in [2.05, 4.69) is 27.4 Å². The molecule has 1 fully saturated rings. The lowest BCUT2D eigenvalue weighted by molar-refractivity contribution is 0.0942. The van der Waals surface area contributed by atoms with Crippen molar-refractivity contribution >= 4 is 22.6 Å². The summed E-state index contributed by atoms with van der Waals surface area (Å²) in [4.78, 5) is 24.9. The van der Waals surface area contributed by atoms with Crippen molar-refractivity contribution in [3.05, 3.63) is 66.4 Å². The van der Waals surface area contributed by atoms with E-state index < -0.39 is 0 Å². The highest BCUT2D eigenvalue weighted by molar-refractivity contribution is 5.94. The fraction of sp³-hybridized carbons (Fsp3) is 0.318. The standard InChI is InChI=1S/C22H23N5O/c28-22(17-9-10-20-23-11-12-27(20)14-17)24-13-15-5-7-16(8-6-15)21-25-18-3-1-2-4-19(18)26-21/h1-4,9-12,14-16H,5-8,13H2,(H,24,28)(H,25,26). The number of nitrogens with zero attached hydrogens (tertiary/aromatic N) is 3. The highest BCUT2D eigenvalue weighted by Gasteiger charge is 2.25. The highest BCUT2D eigenvalue weighted by atomic mass is 16.1. The Morgan fingerprint density at radius 2 is 2.00 bits per heavy atom. The van der Waals surface area contributed by atoms with Gasteiger partial charge in [-0.05, 0) is 55.9 Å². The van der Waals surface area contributed by atoms with Gasteiger partial charge in [-0.15, -0.1) is 0 Å². The summed E-state index contributed by atoms with van der Waals surface area (Å²) in [7, 11) is 0. The van der Waals surface area contributed by atoms with Gasteiger partial charge in [0.2, 0.25) is 0 Å². The molecule has 0 radical (unpaired) electrons. The van der Waals surface area contributed by atoms with E-state index >= 15 is 0 Å². The third-order valence-corrected chi connectivity index (χ3v) is 5.84. The Kier molecular flexibility index (Phi) is 4.31. The Bertz CT molecular complexity index is 1090. The summed E-state index contributed by atoms with van der Waals surface area (Å²) in [6.07, 6.45) is 9.87. The number of aromatic amines is 1. The minimum atomic E-state index is -0.0185. The van der Waals surface area contributed by atoms with Crippen LogP contribution in [0.2, 0.25) is 0 Å². The number of aromatic nitrogens is 4. The Morgan fingerprint density at radius 3 is 2.86 bits per heavy atom. The van der Waals surface area contributed by atoms with Crippen LogP contribution in [0.15, 0.2) is 55.0 Å². The molecule has 28 heavy (non-hydrogen) atoms. The first-order valence-corrected chi connectivity index (χ1v) is 9.92. The Hall–Kier alpha value is -3.15. The number of nitrogens with one attached hydrogen (secondary N) is 2. The largest absolute Gasteiger partial charge is 0.352 e. The molecule has 2 N–H and O–H groups in total. The molecule has 4 aromatic rings. The molecule has 3 aromatic heterocycles. The number of hydrogen-bond donors (Lipinski definition) is 2. The number of amides is 1. The van der Waals surface area contributed by atoms with Crippen molar-refractivity contribution in [2.45, 2.75) is 31.6 Å². The van der Waals surface area contributed by atoms with Crippen LogP contribution in [0.1, 0.15) is 47.8 Å². The second kappa shape index (κ2) is 7.11. The van der Waals surface area contributed by atoms with E-state index in [4.69, 9.17) is 4.98 Å². The predicted molar refractivity (Wildman–Crippen MR) is 108 cm³/mol. The van der Waals surface area contributed by atoms with Crippen molar-refractivity contribution in [1.29, 1.82) is 0 Å². The first-order valence-electron chi connectivity index (χ1n) is 9.92. The molecule has 1 aromatic carbocycles. The third kappa shape index (κ3) is 3.26. The molecule has 0 saturated heterocycles. The number of H-pyrrole nitrogens is 1. The molecule has 1 aliphatic carbocycles. The van der Waals surface area contributed by atoms with Gasteiger partial charge in [-0.2, -0.15) is 0 Å². The van der Waals surface area contributed by atoms with Gasteiger partial charge in [-0.1, -0.05) is 12.1 Å². The molecular formula is C22H23N5O. The first-order chi connectivity index (χ1) is 13.8. The van der Waals surface area contributed by atoms with Crippen LogP contribution in [-0.2, 0) is 0 Å². The molecule has 142 valence electrons. The maximum absolute atomic E-state index is 12.5. The van der Waals surface area contributed by atoms with Gasteiger partial charge in [0.15, 0.2) is 0 Å². The maximum Gasteiger partial charge on any atom is 0.252 e. The van der Waals surface area contributed by atoms with Crippen LogP contribution in [0.5, 0.6) is 0 Å². The van der Waals surface area contributed by atoms with Crippen LogP contribution in [0.4, 0.5) is 0 Å². The van der Waals surface area contributed by atoms with Gasteiger partial charge in [-0.3, -0.25) is 4.79 Å². The SMILES string of the molecule is O=C(NCC1CCC(c2nc3ccccc3[nH]2)CC1)c1ccc2nccn2c1. The maximum atomic E-state index is 12.5. The van der Waals surface area contributed by atoms with Crippen LogP contribution in [0, 0.1) is 5.92 Å². The van der Waals surface area contributed by atoms with E-state index in [1.807, 2.05) is 41.1 Å². The lowest BCUT2D eigenvalue weighted by Gasteiger charge is -2.27. The fourth-order valence-electron chi connectivity index (χ4n) is 4.20. The van der Waals surface area contributed by atoms with E-state index in [0.717, 1.165) is 54.7 Å². The van der Waals surface area contributed by atoms with E-state index in [9.17, 15) is 4.79 Å². The summed E-state index contributed by atoms with van der Waals surface area (Å²) in [6.45, 7) is 0.730. The Labute approximate surface area is 163 Å². The zero-order valence-electron chi connectivity index (χ0n) is 15.6. The monoisotopic (exact) mass is 373 g/mol. The van der Waals surface area contributed by atoms with Crippen molar-refractivity contribution in [1.82, 2.24) is 24.7 Å². The van der Waals surface area contributed by atoms with E-state index in [1.54, 1.807) is 6.20 Å². The number of carbonyl (C=O) groups is 1. The van der Waals surface area contributed by atoms with E-state index in [0.29, 0.717) is 17.4 Å². The molecule has 0 aliphatic heterocycles. The molecular weight excluding hydrogens is 350 g/mol. The molecule has 0 atom stereocenters. The summed E-state index contributed by atoms with van der Waals surface area (Å²) >= 11 is 0. The van der Waals surface area contributed by atoms with Crippen LogP contribution >= 0.6 is 0 Å². The zero-order valence-corrected chi connectivity index (χ0v) is 15.6. The van der Waals surface area contributed by atoms with Crippen molar-refractivity contribution in [2.24, 2.45) is 5.92 Å². The molecule has 3 heterocycles. The topological polar surface area (TPSA) is 75.1 Å². The average Bonchev–Trinajstić information content (AvgIpc) is 3.38. The summed E-state index contributed by atoms with van der Waals surface area (Å²) < 4.78 is 1.87. The number of imidazole rings is 2. The Balaban J connectivity index is 1.16. The van der Waals surface area contributed by atoms with Crippen LogP contribution < -0.4 is 5.32 Å². The highest BCUT2D eigenvalue weighted by Crippen LogP contribution is 2.35. The molecule has 1 aliphatic rings. The molecule has 6 heteroatoms. The Morgan fingerprint density at radius 1 is 1.14 bits per heavy atom. The molecule has 0 unspecified atom stereocenters. The van der Waals surface area contributed by atoms with Gasteiger partial charge in [0.1, 0.15) is 11.5 Å². The second-order valence-electron chi connectivity index (χ2n) is 7.68.